The lowest BCUT2D eigenvalue weighted by atomic mass is 9.71. The highest BCUT2D eigenvalue weighted by molar-refractivity contribution is 5.75. The number of hydrogen-bond acceptors (Lipinski definition) is 2. The molecule has 136 valence electrons. The Bertz CT molecular complexity index is 316. The first-order chi connectivity index (χ1) is 10.8. The van der Waals surface area contributed by atoms with Gasteiger partial charge in [0.05, 0.1) is 10.8 Å². The third-order valence-corrected chi connectivity index (χ3v) is 5.13. The Kier molecular flexibility index (Phi) is 10.2. The number of carboxylic acid groups (broad SMARTS) is 2. The zero-order valence-electron chi connectivity index (χ0n) is 15.5. The maximum absolute atomic E-state index is 11.8. The number of rotatable bonds is 14. The van der Waals surface area contributed by atoms with Gasteiger partial charge in [-0.05, 0) is 38.5 Å². The molecule has 0 atom stereocenters. The summed E-state index contributed by atoms with van der Waals surface area (Å²) in [6, 6.07) is 0. The second kappa shape index (κ2) is 10.7. The Morgan fingerprint density at radius 1 is 0.609 bits per heavy atom. The third-order valence-electron chi connectivity index (χ3n) is 5.13. The maximum Gasteiger partial charge on any atom is 0.309 e. The number of carbonyl (C=O) groups is 2. The van der Waals surface area contributed by atoms with Crippen molar-refractivity contribution in [2.45, 2.75) is 98.3 Å². The van der Waals surface area contributed by atoms with Crippen molar-refractivity contribution in [3.05, 3.63) is 0 Å². The number of hydrogen-bond donors (Lipinski definition) is 2. The van der Waals surface area contributed by atoms with Crippen molar-refractivity contribution in [1.29, 1.82) is 0 Å². The molecule has 0 aliphatic carbocycles. The fourth-order valence-electron chi connectivity index (χ4n) is 4.07. The Hall–Kier alpha value is -1.06. The molecule has 23 heavy (non-hydrogen) atoms. The fraction of sp³-hybridized carbons (Fsp3) is 0.895. The molecule has 0 spiro atoms. The molecule has 0 aliphatic rings. The summed E-state index contributed by atoms with van der Waals surface area (Å²) in [7, 11) is 0. The number of carboxylic acids is 2. The van der Waals surface area contributed by atoms with Crippen LogP contribution in [0.15, 0.2) is 0 Å². The van der Waals surface area contributed by atoms with Gasteiger partial charge >= 0.3 is 11.9 Å². The van der Waals surface area contributed by atoms with Crippen LogP contribution in [0.3, 0.4) is 0 Å². The summed E-state index contributed by atoms with van der Waals surface area (Å²) >= 11 is 0. The molecule has 2 N–H and O–H groups in total. The smallest absolute Gasteiger partial charge is 0.309 e. The first-order valence-corrected chi connectivity index (χ1v) is 9.31. The SMILES string of the molecule is CCCC(CCC)(CCCC(CCC)(CCC)C(=O)O)C(=O)O. The Morgan fingerprint density at radius 3 is 1.04 bits per heavy atom. The van der Waals surface area contributed by atoms with Gasteiger partial charge in [0.25, 0.3) is 0 Å². The Labute approximate surface area is 141 Å². The van der Waals surface area contributed by atoms with E-state index in [4.69, 9.17) is 0 Å². The average molecular weight is 328 g/mol. The third kappa shape index (κ3) is 6.15. The van der Waals surface area contributed by atoms with Crippen molar-refractivity contribution in [3.63, 3.8) is 0 Å². The van der Waals surface area contributed by atoms with Crippen LogP contribution in [0, 0.1) is 10.8 Å². The van der Waals surface area contributed by atoms with Crippen molar-refractivity contribution >= 4 is 11.9 Å². The molecular formula is C19H36O4. The van der Waals surface area contributed by atoms with E-state index in [1.165, 1.54) is 0 Å². The normalized spacial score (nSPS) is 12.3. The summed E-state index contributed by atoms with van der Waals surface area (Å²) in [5.41, 5.74) is -1.35. The molecule has 0 amide bonds. The molecule has 0 aromatic heterocycles. The lowest BCUT2D eigenvalue weighted by Crippen LogP contribution is -2.34. The van der Waals surface area contributed by atoms with Crippen molar-refractivity contribution in [1.82, 2.24) is 0 Å². The van der Waals surface area contributed by atoms with Crippen LogP contribution in [0.5, 0.6) is 0 Å². The molecular weight excluding hydrogens is 292 g/mol. The summed E-state index contributed by atoms with van der Waals surface area (Å²) in [4.78, 5) is 23.7. The maximum atomic E-state index is 11.8. The minimum absolute atomic E-state index is 0.590. The molecule has 0 fully saturated rings. The van der Waals surface area contributed by atoms with E-state index in [9.17, 15) is 19.8 Å². The Morgan fingerprint density at radius 2 is 0.870 bits per heavy atom. The molecule has 0 unspecified atom stereocenters. The van der Waals surface area contributed by atoms with Crippen LogP contribution in [0.2, 0.25) is 0 Å². The molecule has 4 nitrogen and oxygen atoms in total. The van der Waals surface area contributed by atoms with Crippen LogP contribution in [0.1, 0.15) is 98.3 Å². The average Bonchev–Trinajstić information content (AvgIpc) is 2.47. The largest absolute Gasteiger partial charge is 0.481 e. The van der Waals surface area contributed by atoms with E-state index >= 15 is 0 Å². The van der Waals surface area contributed by atoms with Gasteiger partial charge in [0.2, 0.25) is 0 Å². The highest BCUT2D eigenvalue weighted by Crippen LogP contribution is 2.41. The molecule has 0 heterocycles. The first kappa shape index (κ1) is 21.9. The predicted molar refractivity (Wildman–Crippen MR) is 93.6 cm³/mol. The molecule has 0 radical (unpaired) electrons. The van der Waals surface area contributed by atoms with Crippen molar-refractivity contribution < 1.29 is 19.8 Å². The molecule has 0 saturated carbocycles. The van der Waals surface area contributed by atoms with E-state index in [-0.39, 0.29) is 0 Å². The van der Waals surface area contributed by atoms with Crippen LogP contribution in [0.4, 0.5) is 0 Å². The fourth-order valence-corrected chi connectivity index (χ4v) is 4.07. The summed E-state index contributed by atoms with van der Waals surface area (Å²) in [5.74, 6) is -1.43. The highest BCUT2D eigenvalue weighted by Gasteiger charge is 2.40. The van der Waals surface area contributed by atoms with Crippen LogP contribution >= 0.6 is 0 Å². The van der Waals surface area contributed by atoms with Gasteiger partial charge in [0.1, 0.15) is 0 Å². The second-order valence-electron chi connectivity index (χ2n) is 7.02. The van der Waals surface area contributed by atoms with E-state index < -0.39 is 22.8 Å². The minimum Gasteiger partial charge on any atom is -0.481 e. The standard InChI is InChI=1S/C19H36O4/c1-5-10-18(11-6-2,16(20)21)14-9-15-19(12-7-3,13-8-4)17(22)23/h5-15H2,1-4H3,(H,20,21)(H,22,23). The van der Waals surface area contributed by atoms with Crippen LogP contribution in [0.25, 0.3) is 0 Å². The van der Waals surface area contributed by atoms with Gasteiger partial charge in [0, 0.05) is 0 Å². The van der Waals surface area contributed by atoms with Gasteiger partial charge in [-0.3, -0.25) is 9.59 Å². The summed E-state index contributed by atoms with van der Waals surface area (Å²) in [5, 5.41) is 19.4. The van der Waals surface area contributed by atoms with Gasteiger partial charge in [-0.2, -0.15) is 0 Å². The molecule has 0 aromatic rings. The monoisotopic (exact) mass is 328 g/mol. The molecule has 0 aliphatic heterocycles. The van der Waals surface area contributed by atoms with Crippen molar-refractivity contribution in [2.24, 2.45) is 10.8 Å². The topological polar surface area (TPSA) is 74.6 Å². The first-order valence-electron chi connectivity index (χ1n) is 9.31. The van der Waals surface area contributed by atoms with Gasteiger partial charge in [-0.1, -0.05) is 59.8 Å². The van der Waals surface area contributed by atoms with Crippen LogP contribution in [-0.4, -0.2) is 22.2 Å². The number of aliphatic carboxylic acids is 2. The second-order valence-corrected chi connectivity index (χ2v) is 7.02. The molecule has 0 saturated heterocycles. The molecule has 0 aromatic carbocycles. The zero-order valence-corrected chi connectivity index (χ0v) is 15.5. The van der Waals surface area contributed by atoms with Gasteiger partial charge in [-0.15, -0.1) is 0 Å². The highest BCUT2D eigenvalue weighted by atomic mass is 16.4. The van der Waals surface area contributed by atoms with Gasteiger partial charge in [0.15, 0.2) is 0 Å². The molecule has 0 bridgehead atoms. The van der Waals surface area contributed by atoms with Gasteiger partial charge < -0.3 is 10.2 Å². The van der Waals surface area contributed by atoms with Crippen LogP contribution in [-0.2, 0) is 9.59 Å². The van der Waals surface area contributed by atoms with E-state index in [0.29, 0.717) is 44.9 Å². The predicted octanol–water partition coefficient (Wildman–Crippen LogP) is 5.50. The van der Waals surface area contributed by atoms with E-state index in [1.807, 2.05) is 27.7 Å². The van der Waals surface area contributed by atoms with E-state index in [0.717, 1.165) is 25.7 Å². The summed E-state index contributed by atoms with van der Waals surface area (Å²) in [6.45, 7) is 8.07. The van der Waals surface area contributed by atoms with Crippen molar-refractivity contribution in [2.75, 3.05) is 0 Å². The lowest BCUT2D eigenvalue weighted by Gasteiger charge is -2.33. The van der Waals surface area contributed by atoms with Crippen molar-refractivity contribution in [3.8, 4) is 0 Å². The lowest BCUT2D eigenvalue weighted by molar-refractivity contribution is -0.151. The van der Waals surface area contributed by atoms with E-state index in [1.54, 1.807) is 0 Å². The molecule has 0 rings (SSSR count). The zero-order chi connectivity index (χ0) is 17.9. The minimum atomic E-state index is -0.715. The molecule has 4 heteroatoms. The summed E-state index contributed by atoms with van der Waals surface area (Å²) in [6.07, 6.45) is 7.96. The van der Waals surface area contributed by atoms with Gasteiger partial charge in [-0.25, -0.2) is 0 Å². The Balaban J connectivity index is 5.06. The van der Waals surface area contributed by atoms with E-state index in [2.05, 4.69) is 0 Å². The van der Waals surface area contributed by atoms with Crippen LogP contribution < -0.4 is 0 Å². The quantitative estimate of drug-likeness (QED) is 0.441. The summed E-state index contributed by atoms with van der Waals surface area (Å²) < 4.78 is 0.